The Labute approximate surface area is 172 Å². The third-order valence-corrected chi connectivity index (χ3v) is 5.71. The lowest BCUT2D eigenvalue weighted by molar-refractivity contribution is -0.130. The van der Waals surface area contributed by atoms with E-state index in [1.54, 1.807) is 6.92 Å². The summed E-state index contributed by atoms with van der Waals surface area (Å²) in [4.78, 5) is 26.0. The average molecular weight is 404 g/mol. The summed E-state index contributed by atoms with van der Waals surface area (Å²) in [7, 11) is 0. The van der Waals surface area contributed by atoms with E-state index in [9.17, 15) is 9.59 Å². The number of ether oxygens (including phenoxy) is 2. The lowest BCUT2D eigenvalue weighted by atomic mass is 9.97. The molecule has 0 spiro atoms. The van der Waals surface area contributed by atoms with Gasteiger partial charge in [-0.3, -0.25) is 14.5 Å². The van der Waals surface area contributed by atoms with Crippen LogP contribution in [0.25, 0.3) is 0 Å². The predicted octanol–water partition coefficient (Wildman–Crippen LogP) is 2.30. The number of likely N-dealkylation sites (tertiary alicyclic amines) is 1. The van der Waals surface area contributed by atoms with E-state index in [4.69, 9.17) is 15.2 Å². The Morgan fingerprint density at radius 1 is 1.24 bits per heavy atom. The Bertz CT molecular complexity index is 673. The van der Waals surface area contributed by atoms with Gasteiger partial charge in [0.15, 0.2) is 0 Å². The Morgan fingerprint density at radius 2 is 2.03 bits per heavy atom. The van der Waals surface area contributed by atoms with Crippen molar-refractivity contribution in [3.8, 4) is 0 Å². The van der Waals surface area contributed by atoms with Gasteiger partial charge in [0, 0.05) is 25.4 Å². The number of hydrogen-bond acceptors (Lipinski definition) is 5. The van der Waals surface area contributed by atoms with Crippen molar-refractivity contribution in [1.82, 2.24) is 4.90 Å². The first-order valence-corrected chi connectivity index (χ1v) is 10.7. The summed E-state index contributed by atoms with van der Waals surface area (Å²) in [6.07, 6.45) is 4.69. The van der Waals surface area contributed by atoms with Crippen molar-refractivity contribution in [2.45, 2.75) is 57.8 Å². The zero-order valence-electron chi connectivity index (χ0n) is 17.3. The van der Waals surface area contributed by atoms with Gasteiger partial charge in [-0.05, 0) is 63.3 Å². The highest BCUT2D eigenvalue weighted by Gasteiger charge is 2.24. The summed E-state index contributed by atoms with van der Waals surface area (Å²) >= 11 is 0. The van der Waals surface area contributed by atoms with Crippen molar-refractivity contribution in [1.29, 1.82) is 0 Å². The van der Waals surface area contributed by atoms with Crippen LogP contribution in [0, 0.1) is 5.92 Å². The summed E-state index contributed by atoms with van der Waals surface area (Å²) in [5, 5.41) is 2.90. The molecule has 160 valence electrons. The number of nitrogens with two attached hydrogens (primary N) is 1. The number of hydrogen-bond donors (Lipinski definition) is 2. The summed E-state index contributed by atoms with van der Waals surface area (Å²) < 4.78 is 11.3. The molecule has 2 fully saturated rings. The molecule has 1 aromatic rings. The van der Waals surface area contributed by atoms with Gasteiger partial charge in [-0.25, -0.2) is 0 Å². The Morgan fingerprint density at radius 3 is 2.72 bits per heavy atom. The minimum Gasteiger partial charge on any atom is -0.376 e. The topological polar surface area (TPSA) is 93.9 Å². The highest BCUT2D eigenvalue weighted by atomic mass is 16.5. The van der Waals surface area contributed by atoms with Gasteiger partial charge in [0.05, 0.1) is 18.6 Å². The summed E-state index contributed by atoms with van der Waals surface area (Å²) in [5.74, 6) is -0.421. The average Bonchev–Trinajstić information content (AvgIpc) is 2.74. The largest absolute Gasteiger partial charge is 0.376 e. The Hall–Kier alpha value is -1.96. The number of nitrogens with one attached hydrogen (secondary N) is 1. The first kappa shape index (κ1) is 21.7. The second-order valence-electron chi connectivity index (χ2n) is 8.13. The fourth-order valence-electron chi connectivity index (χ4n) is 3.89. The maximum Gasteiger partial charge on any atom is 0.253 e. The minimum absolute atomic E-state index is 0.0530. The van der Waals surface area contributed by atoms with E-state index in [1.807, 2.05) is 24.3 Å². The van der Waals surface area contributed by atoms with Crippen LogP contribution in [-0.4, -0.2) is 55.2 Å². The maximum atomic E-state index is 12.4. The molecule has 2 amide bonds. The number of nitrogens with zero attached hydrogens (tertiary/aromatic N) is 1. The molecule has 0 radical (unpaired) electrons. The van der Waals surface area contributed by atoms with Crippen molar-refractivity contribution < 1.29 is 19.1 Å². The van der Waals surface area contributed by atoms with Gasteiger partial charge in [0.25, 0.3) is 5.91 Å². The van der Waals surface area contributed by atoms with Crippen LogP contribution < -0.4 is 11.1 Å². The number of amides is 2. The van der Waals surface area contributed by atoms with E-state index in [1.165, 1.54) is 0 Å². The molecule has 0 saturated carbocycles. The lowest BCUT2D eigenvalue weighted by Gasteiger charge is -2.31. The number of rotatable bonds is 8. The Kier molecular flexibility index (Phi) is 8.03. The second kappa shape index (κ2) is 10.7. The smallest absolute Gasteiger partial charge is 0.253 e. The van der Waals surface area contributed by atoms with Gasteiger partial charge in [-0.15, -0.1) is 0 Å². The molecule has 2 aliphatic rings. The van der Waals surface area contributed by atoms with Crippen LogP contribution >= 0.6 is 0 Å². The van der Waals surface area contributed by atoms with Crippen LogP contribution in [0.15, 0.2) is 24.3 Å². The van der Waals surface area contributed by atoms with Crippen LogP contribution in [0.2, 0.25) is 0 Å². The van der Waals surface area contributed by atoms with Gasteiger partial charge < -0.3 is 20.5 Å². The fourth-order valence-corrected chi connectivity index (χ4v) is 3.89. The van der Waals surface area contributed by atoms with E-state index in [0.717, 1.165) is 63.1 Å². The Balaban J connectivity index is 1.43. The molecule has 7 nitrogen and oxygen atoms in total. The van der Waals surface area contributed by atoms with Crippen molar-refractivity contribution in [2.75, 3.05) is 31.6 Å². The third kappa shape index (κ3) is 6.80. The predicted molar refractivity (Wildman–Crippen MR) is 111 cm³/mol. The molecule has 3 atom stereocenters. The zero-order valence-corrected chi connectivity index (χ0v) is 17.3. The van der Waals surface area contributed by atoms with Crippen LogP contribution in [0.1, 0.15) is 44.6 Å². The normalized spacial score (nSPS) is 24.0. The molecule has 2 aliphatic heterocycles. The molecule has 3 N–H and O–H groups in total. The summed E-state index contributed by atoms with van der Waals surface area (Å²) in [6, 6.07) is 7.81. The van der Waals surface area contributed by atoms with Crippen LogP contribution in [0.3, 0.4) is 0 Å². The number of benzene rings is 1. The molecule has 2 saturated heterocycles. The summed E-state index contributed by atoms with van der Waals surface area (Å²) in [6.45, 7) is 5.46. The van der Waals surface area contributed by atoms with Crippen molar-refractivity contribution in [3.05, 3.63) is 29.8 Å². The highest BCUT2D eigenvalue weighted by Crippen LogP contribution is 2.19. The lowest BCUT2D eigenvalue weighted by Crippen LogP contribution is -2.40. The SMILES string of the molecule is CC(OCC1CCCCO1)C(=O)Nc1ccc(CN2CCCC(C(N)=O)C2)cc1. The minimum atomic E-state index is -0.528. The number of primary amides is 1. The molecule has 3 unspecified atom stereocenters. The monoisotopic (exact) mass is 403 g/mol. The fraction of sp³-hybridized carbons (Fsp3) is 0.636. The number of piperidine rings is 1. The van der Waals surface area contributed by atoms with E-state index in [0.29, 0.717) is 13.2 Å². The number of anilines is 1. The molecule has 2 heterocycles. The quantitative estimate of drug-likeness (QED) is 0.695. The highest BCUT2D eigenvalue weighted by molar-refractivity contribution is 5.93. The second-order valence-corrected chi connectivity index (χ2v) is 8.13. The summed E-state index contributed by atoms with van der Waals surface area (Å²) in [5.41, 5.74) is 7.35. The van der Waals surface area contributed by atoms with Crippen molar-refractivity contribution >= 4 is 17.5 Å². The third-order valence-electron chi connectivity index (χ3n) is 5.71. The van der Waals surface area contributed by atoms with Gasteiger partial charge in [-0.2, -0.15) is 0 Å². The number of carbonyl (C=O) groups excluding carboxylic acids is 2. The molecule has 29 heavy (non-hydrogen) atoms. The van der Waals surface area contributed by atoms with E-state index in [2.05, 4.69) is 10.2 Å². The van der Waals surface area contributed by atoms with Gasteiger partial charge in [0.1, 0.15) is 6.10 Å². The molecule has 0 aromatic heterocycles. The van der Waals surface area contributed by atoms with Gasteiger partial charge in [-0.1, -0.05) is 12.1 Å². The molecule has 3 rings (SSSR count). The van der Waals surface area contributed by atoms with Gasteiger partial charge in [0.2, 0.25) is 5.91 Å². The maximum absolute atomic E-state index is 12.4. The molecule has 7 heteroatoms. The van der Waals surface area contributed by atoms with E-state index in [-0.39, 0.29) is 23.8 Å². The molecular weight excluding hydrogens is 370 g/mol. The van der Waals surface area contributed by atoms with E-state index >= 15 is 0 Å². The first-order valence-electron chi connectivity index (χ1n) is 10.7. The van der Waals surface area contributed by atoms with Crippen LogP contribution in [0.4, 0.5) is 5.69 Å². The molecule has 0 bridgehead atoms. The van der Waals surface area contributed by atoms with E-state index < -0.39 is 6.10 Å². The molecular formula is C22H33N3O4. The molecule has 0 aliphatic carbocycles. The van der Waals surface area contributed by atoms with Crippen molar-refractivity contribution in [3.63, 3.8) is 0 Å². The molecule has 1 aromatic carbocycles. The standard InChI is InChI=1S/C22H33N3O4/c1-16(29-15-20-6-2-3-12-28-20)22(27)24-19-9-7-17(8-10-19)13-25-11-4-5-18(14-25)21(23)26/h7-10,16,18,20H,2-6,11-15H2,1H3,(H2,23,26)(H,24,27). The van der Waals surface area contributed by atoms with Crippen LogP contribution in [0.5, 0.6) is 0 Å². The van der Waals surface area contributed by atoms with Crippen molar-refractivity contribution in [2.24, 2.45) is 11.7 Å². The number of carbonyl (C=O) groups is 2. The zero-order chi connectivity index (χ0) is 20.6. The first-order chi connectivity index (χ1) is 14.0. The van der Waals surface area contributed by atoms with Crippen LogP contribution in [-0.2, 0) is 25.6 Å². The van der Waals surface area contributed by atoms with Gasteiger partial charge >= 0.3 is 0 Å².